The van der Waals surface area contributed by atoms with E-state index in [1.54, 1.807) is 13.0 Å². The van der Waals surface area contributed by atoms with Crippen LogP contribution in [-0.4, -0.2) is 16.0 Å². The van der Waals surface area contributed by atoms with E-state index in [-0.39, 0.29) is 16.9 Å². The standard InChI is InChI=1S/C14H11FN2O4/c1-8-2-4-10(7-11(8)15)16-12-6-9(14(18)19)3-5-13(12)17(20)21/h2-7,16H,1H3,(H,18,19). The molecule has 0 aromatic heterocycles. The van der Waals surface area contributed by atoms with Gasteiger partial charge in [0.2, 0.25) is 0 Å². The zero-order chi connectivity index (χ0) is 15.6. The summed E-state index contributed by atoms with van der Waals surface area (Å²) in [6.07, 6.45) is 0. The van der Waals surface area contributed by atoms with Gasteiger partial charge in [-0.15, -0.1) is 0 Å². The van der Waals surface area contributed by atoms with E-state index in [4.69, 9.17) is 5.11 Å². The molecule has 0 aliphatic carbocycles. The smallest absolute Gasteiger partial charge is 0.335 e. The van der Waals surface area contributed by atoms with E-state index in [2.05, 4.69) is 5.32 Å². The number of rotatable bonds is 4. The number of nitro benzene ring substituents is 1. The van der Waals surface area contributed by atoms with Crippen LogP contribution in [0, 0.1) is 22.9 Å². The van der Waals surface area contributed by atoms with Gasteiger partial charge in [0.25, 0.3) is 5.69 Å². The molecule has 21 heavy (non-hydrogen) atoms. The normalized spacial score (nSPS) is 10.2. The summed E-state index contributed by atoms with van der Waals surface area (Å²) in [5.74, 6) is -1.67. The number of anilines is 2. The molecular weight excluding hydrogens is 279 g/mol. The second-order valence-corrected chi connectivity index (χ2v) is 4.38. The van der Waals surface area contributed by atoms with Gasteiger partial charge in [0.1, 0.15) is 11.5 Å². The topological polar surface area (TPSA) is 92.5 Å². The second-order valence-electron chi connectivity index (χ2n) is 4.38. The summed E-state index contributed by atoms with van der Waals surface area (Å²) in [5.41, 5.74) is 0.331. The van der Waals surface area contributed by atoms with Crippen LogP contribution in [0.25, 0.3) is 0 Å². The van der Waals surface area contributed by atoms with Crippen molar-refractivity contribution in [1.29, 1.82) is 0 Å². The fourth-order valence-electron chi connectivity index (χ4n) is 1.75. The first-order chi connectivity index (χ1) is 9.88. The number of benzene rings is 2. The van der Waals surface area contributed by atoms with Crippen molar-refractivity contribution in [2.45, 2.75) is 6.92 Å². The summed E-state index contributed by atoms with van der Waals surface area (Å²) in [7, 11) is 0. The number of aromatic carboxylic acids is 1. The monoisotopic (exact) mass is 290 g/mol. The number of hydrogen-bond donors (Lipinski definition) is 2. The van der Waals surface area contributed by atoms with Crippen LogP contribution in [0.3, 0.4) is 0 Å². The predicted octanol–water partition coefficient (Wildman–Crippen LogP) is 3.48. The molecule has 0 bridgehead atoms. The Bertz CT molecular complexity index is 731. The van der Waals surface area contributed by atoms with Crippen molar-refractivity contribution in [1.82, 2.24) is 0 Å². The largest absolute Gasteiger partial charge is 0.478 e. The summed E-state index contributed by atoms with van der Waals surface area (Å²) in [5, 5.41) is 22.6. The molecule has 2 N–H and O–H groups in total. The first-order valence-corrected chi connectivity index (χ1v) is 5.93. The minimum Gasteiger partial charge on any atom is -0.478 e. The summed E-state index contributed by atoms with van der Waals surface area (Å²) in [6, 6.07) is 7.63. The minimum atomic E-state index is -1.21. The Hall–Kier alpha value is -2.96. The molecule has 0 spiro atoms. The van der Waals surface area contributed by atoms with Crippen LogP contribution in [0.4, 0.5) is 21.5 Å². The first-order valence-electron chi connectivity index (χ1n) is 5.93. The van der Waals surface area contributed by atoms with Crippen molar-refractivity contribution >= 4 is 23.0 Å². The number of carbonyl (C=O) groups is 1. The highest BCUT2D eigenvalue weighted by Crippen LogP contribution is 2.29. The van der Waals surface area contributed by atoms with Gasteiger partial charge in [-0.2, -0.15) is 0 Å². The zero-order valence-corrected chi connectivity index (χ0v) is 11.0. The van der Waals surface area contributed by atoms with E-state index in [9.17, 15) is 19.3 Å². The van der Waals surface area contributed by atoms with E-state index in [0.717, 1.165) is 18.2 Å². The lowest BCUT2D eigenvalue weighted by Crippen LogP contribution is -2.02. The number of nitrogens with zero attached hydrogens (tertiary/aromatic N) is 1. The molecule has 0 amide bonds. The van der Waals surface area contributed by atoms with Crippen LogP contribution in [0.5, 0.6) is 0 Å². The molecule has 7 heteroatoms. The first kappa shape index (κ1) is 14.4. The molecule has 2 aromatic carbocycles. The van der Waals surface area contributed by atoms with Gasteiger partial charge < -0.3 is 10.4 Å². The molecule has 108 valence electrons. The predicted molar refractivity (Wildman–Crippen MR) is 74.5 cm³/mol. The molecule has 6 nitrogen and oxygen atoms in total. The van der Waals surface area contributed by atoms with Crippen molar-refractivity contribution < 1.29 is 19.2 Å². The maximum Gasteiger partial charge on any atom is 0.335 e. The highest BCUT2D eigenvalue weighted by molar-refractivity contribution is 5.90. The molecule has 0 saturated heterocycles. The molecular formula is C14H11FN2O4. The summed E-state index contributed by atoms with van der Waals surface area (Å²) < 4.78 is 13.5. The van der Waals surface area contributed by atoms with E-state index in [1.165, 1.54) is 12.1 Å². The average Bonchev–Trinajstić information content (AvgIpc) is 2.42. The van der Waals surface area contributed by atoms with Gasteiger partial charge in [-0.3, -0.25) is 10.1 Å². The van der Waals surface area contributed by atoms with Gasteiger partial charge in [-0.05, 0) is 36.8 Å². The molecule has 0 unspecified atom stereocenters. The maximum absolute atomic E-state index is 13.5. The van der Waals surface area contributed by atoms with Crippen LogP contribution >= 0.6 is 0 Å². The average molecular weight is 290 g/mol. The number of hydrogen-bond acceptors (Lipinski definition) is 4. The van der Waals surface area contributed by atoms with Gasteiger partial charge >= 0.3 is 5.97 Å². The number of nitrogens with one attached hydrogen (secondary N) is 1. The van der Waals surface area contributed by atoms with Crippen molar-refractivity contribution in [3.05, 3.63) is 63.5 Å². The highest BCUT2D eigenvalue weighted by Gasteiger charge is 2.17. The SMILES string of the molecule is Cc1ccc(Nc2cc(C(=O)O)ccc2[N+](=O)[O-])cc1F. The third kappa shape index (κ3) is 3.14. The quantitative estimate of drug-likeness (QED) is 0.664. The van der Waals surface area contributed by atoms with E-state index >= 15 is 0 Å². The number of aryl methyl sites for hydroxylation is 1. The van der Waals surface area contributed by atoms with Crippen LogP contribution in [0.1, 0.15) is 15.9 Å². The minimum absolute atomic E-state index is 0.0110. The van der Waals surface area contributed by atoms with Crippen LogP contribution in [-0.2, 0) is 0 Å². The van der Waals surface area contributed by atoms with Crippen molar-refractivity contribution in [2.24, 2.45) is 0 Å². The Morgan fingerprint density at radius 2 is 2.00 bits per heavy atom. The summed E-state index contributed by atoms with van der Waals surface area (Å²) >= 11 is 0. The van der Waals surface area contributed by atoms with Gasteiger partial charge in [0, 0.05) is 11.8 Å². The number of nitro groups is 1. The van der Waals surface area contributed by atoms with Crippen molar-refractivity contribution in [2.75, 3.05) is 5.32 Å². The Balaban J connectivity index is 2.45. The number of carboxylic acids is 1. The third-order valence-electron chi connectivity index (χ3n) is 2.89. The summed E-state index contributed by atoms with van der Waals surface area (Å²) in [4.78, 5) is 21.2. The van der Waals surface area contributed by atoms with Crippen LogP contribution in [0.2, 0.25) is 0 Å². The maximum atomic E-state index is 13.5. The van der Waals surface area contributed by atoms with Gasteiger partial charge in [0.05, 0.1) is 10.5 Å². The van der Waals surface area contributed by atoms with Crippen LogP contribution in [0.15, 0.2) is 36.4 Å². The number of carboxylic acid groups (broad SMARTS) is 1. The van der Waals surface area contributed by atoms with Crippen LogP contribution < -0.4 is 5.32 Å². The molecule has 2 rings (SSSR count). The molecule has 0 saturated carbocycles. The van der Waals surface area contributed by atoms with E-state index in [1.807, 2.05) is 0 Å². The zero-order valence-electron chi connectivity index (χ0n) is 11.0. The van der Waals surface area contributed by atoms with E-state index < -0.39 is 16.7 Å². The van der Waals surface area contributed by atoms with Crippen molar-refractivity contribution in [3.63, 3.8) is 0 Å². The molecule has 0 atom stereocenters. The third-order valence-corrected chi connectivity index (χ3v) is 2.89. The van der Waals surface area contributed by atoms with Crippen molar-refractivity contribution in [3.8, 4) is 0 Å². The van der Waals surface area contributed by atoms with Gasteiger partial charge in [-0.25, -0.2) is 9.18 Å². The fraction of sp³-hybridized carbons (Fsp3) is 0.0714. The number of halogens is 1. The van der Waals surface area contributed by atoms with Gasteiger partial charge in [-0.1, -0.05) is 6.07 Å². The second kappa shape index (κ2) is 5.58. The molecule has 0 radical (unpaired) electrons. The Kier molecular flexibility index (Phi) is 3.84. The molecule has 0 heterocycles. The lowest BCUT2D eigenvalue weighted by atomic mass is 10.1. The molecule has 0 aliphatic heterocycles. The Labute approximate surface area is 119 Å². The van der Waals surface area contributed by atoms with E-state index in [0.29, 0.717) is 11.3 Å². The lowest BCUT2D eigenvalue weighted by Gasteiger charge is -2.09. The molecule has 0 aliphatic rings. The Morgan fingerprint density at radius 1 is 1.29 bits per heavy atom. The molecule has 0 fully saturated rings. The lowest BCUT2D eigenvalue weighted by molar-refractivity contribution is -0.383. The summed E-state index contributed by atoms with van der Waals surface area (Å²) in [6.45, 7) is 1.59. The molecule has 2 aromatic rings. The highest BCUT2D eigenvalue weighted by atomic mass is 19.1. The Morgan fingerprint density at radius 3 is 2.57 bits per heavy atom. The van der Waals surface area contributed by atoms with Gasteiger partial charge in [0.15, 0.2) is 0 Å². The fourth-order valence-corrected chi connectivity index (χ4v) is 1.75.